The van der Waals surface area contributed by atoms with Crippen LogP contribution in [-0.2, 0) is 6.42 Å². The van der Waals surface area contributed by atoms with Crippen LogP contribution in [0.4, 0.5) is 5.69 Å². The van der Waals surface area contributed by atoms with E-state index in [1.807, 2.05) is 12.3 Å². The molecule has 1 heterocycles. The van der Waals surface area contributed by atoms with E-state index in [0.717, 1.165) is 25.2 Å². The van der Waals surface area contributed by atoms with Gasteiger partial charge in [-0.2, -0.15) is 0 Å². The zero-order chi connectivity index (χ0) is 18.2. The molecule has 0 saturated carbocycles. The van der Waals surface area contributed by atoms with E-state index in [1.165, 1.54) is 22.4 Å². The monoisotopic (exact) mass is 345 g/mol. The fourth-order valence-electron chi connectivity index (χ4n) is 3.24. The molecule has 0 amide bonds. The van der Waals surface area contributed by atoms with Crippen molar-refractivity contribution >= 4 is 5.69 Å². The number of nitrogens with one attached hydrogen (secondary N) is 2. The highest BCUT2D eigenvalue weighted by atomic mass is 15.0. The number of hydrogen-bond donors (Lipinski definition) is 2. The molecule has 2 aromatic carbocycles. The molecule has 3 rings (SSSR count). The largest absolute Gasteiger partial charge is 0.383 e. The number of pyridine rings is 1. The van der Waals surface area contributed by atoms with Crippen LogP contribution in [0.25, 0.3) is 0 Å². The topological polar surface area (TPSA) is 37.0 Å². The predicted octanol–water partition coefficient (Wildman–Crippen LogP) is 4.68. The Labute approximate surface area is 156 Å². The molecule has 0 aliphatic rings. The van der Waals surface area contributed by atoms with Crippen LogP contribution in [0.15, 0.2) is 72.9 Å². The molecule has 2 N–H and O–H groups in total. The fourth-order valence-corrected chi connectivity index (χ4v) is 3.24. The molecule has 1 unspecified atom stereocenters. The average Bonchev–Trinajstić information content (AvgIpc) is 2.67. The maximum Gasteiger partial charge on any atom is 0.0576 e. The van der Waals surface area contributed by atoms with Gasteiger partial charge in [0.05, 0.1) is 11.7 Å². The van der Waals surface area contributed by atoms with Gasteiger partial charge in [-0.3, -0.25) is 4.98 Å². The van der Waals surface area contributed by atoms with Crippen LogP contribution < -0.4 is 10.6 Å². The second kappa shape index (κ2) is 9.16. The maximum absolute atomic E-state index is 4.56. The number of nitrogens with zero attached hydrogens (tertiary/aromatic N) is 1. The first-order valence-corrected chi connectivity index (χ1v) is 9.22. The second-order valence-corrected chi connectivity index (χ2v) is 6.64. The van der Waals surface area contributed by atoms with E-state index < -0.39 is 0 Å². The molecule has 0 fully saturated rings. The molecule has 3 heteroatoms. The summed E-state index contributed by atoms with van der Waals surface area (Å²) in [6.07, 6.45) is 2.80. The lowest BCUT2D eigenvalue weighted by Crippen LogP contribution is -2.29. The number of anilines is 1. The summed E-state index contributed by atoms with van der Waals surface area (Å²) in [4.78, 5) is 4.56. The van der Waals surface area contributed by atoms with Gasteiger partial charge in [-0.05, 0) is 49.1 Å². The van der Waals surface area contributed by atoms with Crippen molar-refractivity contribution in [3.8, 4) is 0 Å². The molecule has 0 radical (unpaired) electrons. The lowest BCUT2D eigenvalue weighted by molar-refractivity contribution is 0.530. The summed E-state index contributed by atoms with van der Waals surface area (Å²) in [5.41, 5.74) is 6.22. The Kier molecular flexibility index (Phi) is 6.39. The van der Waals surface area contributed by atoms with E-state index >= 15 is 0 Å². The third kappa shape index (κ3) is 4.93. The van der Waals surface area contributed by atoms with Gasteiger partial charge >= 0.3 is 0 Å². The molecule has 0 bridgehead atoms. The summed E-state index contributed by atoms with van der Waals surface area (Å²) in [5, 5.41) is 7.24. The molecule has 3 nitrogen and oxygen atoms in total. The van der Waals surface area contributed by atoms with Crippen LogP contribution in [0, 0.1) is 13.8 Å². The lowest BCUT2D eigenvalue weighted by Gasteiger charge is -2.20. The minimum atomic E-state index is 0.207. The van der Waals surface area contributed by atoms with Crippen LogP contribution in [0.2, 0.25) is 0 Å². The predicted molar refractivity (Wildman–Crippen MR) is 110 cm³/mol. The first kappa shape index (κ1) is 18.2. The summed E-state index contributed by atoms with van der Waals surface area (Å²) in [5.74, 6) is 0. The quantitative estimate of drug-likeness (QED) is 0.582. The highest BCUT2D eigenvalue weighted by molar-refractivity contribution is 5.56. The van der Waals surface area contributed by atoms with Crippen molar-refractivity contribution in [3.05, 3.63) is 95.3 Å². The normalized spacial score (nSPS) is 11.9. The third-order valence-electron chi connectivity index (χ3n) is 4.63. The Morgan fingerprint density at radius 2 is 1.54 bits per heavy atom. The van der Waals surface area contributed by atoms with E-state index in [2.05, 4.69) is 90.1 Å². The average molecular weight is 345 g/mol. The van der Waals surface area contributed by atoms with Gasteiger partial charge in [0.1, 0.15) is 0 Å². The molecular formula is C23H27N3. The molecule has 134 valence electrons. The smallest absolute Gasteiger partial charge is 0.0576 e. The van der Waals surface area contributed by atoms with Crippen molar-refractivity contribution in [1.82, 2.24) is 10.3 Å². The number of rotatable bonds is 8. The fraction of sp³-hybridized carbons (Fsp3) is 0.261. The Balaban J connectivity index is 1.61. The number of aromatic nitrogens is 1. The standard InChI is InChI=1S/C23H27N3/c1-18-9-8-10-19(2)23(18)26-16-15-25-22(21-13-6-7-14-24-21)17-20-11-4-3-5-12-20/h3-14,22,25-26H,15-17H2,1-2H3. The van der Waals surface area contributed by atoms with E-state index in [4.69, 9.17) is 0 Å². The van der Waals surface area contributed by atoms with Gasteiger partial charge in [0.25, 0.3) is 0 Å². The van der Waals surface area contributed by atoms with E-state index in [-0.39, 0.29) is 6.04 Å². The number of hydrogen-bond acceptors (Lipinski definition) is 3. The summed E-state index contributed by atoms with van der Waals surface area (Å²) in [6, 6.07) is 23.3. The maximum atomic E-state index is 4.56. The second-order valence-electron chi connectivity index (χ2n) is 6.64. The first-order chi connectivity index (χ1) is 12.7. The van der Waals surface area contributed by atoms with Crippen LogP contribution in [-0.4, -0.2) is 18.1 Å². The van der Waals surface area contributed by atoms with Gasteiger partial charge in [0.15, 0.2) is 0 Å². The van der Waals surface area contributed by atoms with Gasteiger partial charge in [-0.1, -0.05) is 54.6 Å². The summed E-state index contributed by atoms with van der Waals surface area (Å²) in [7, 11) is 0. The minimum absolute atomic E-state index is 0.207. The Morgan fingerprint density at radius 3 is 2.23 bits per heavy atom. The van der Waals surface area contributed by atoms with Gasteiger partial charge in [-0.15, -0.1) is 0 Å². The zero-order valence-corrected chi connectivity index (χ0v) is 15.6. The summed E-state index contributed by atoms with van der Waals surface area (Å²) >= 11 is 0. The number of para-hydroxylation sites is 1. The van der Waals surface area contributed by atoms with E-state index in [0.29, 0.717) is 0 Å². The van der Waals surface area contributed by atoms with Gasteiger partial charge < -0.3 is 10.6 Å². The van der Waals surface area contributed by atoms with Crippen molar-refractivity contribution in [1.29, 1.82) is 0 Å². The first-order valence-electron chi connectivity index (χ1n) is 9.22. The van der Waals surface area contributed by atoms with Crippen molar-refractivity contribution in [3.63, 3.8) is 0 Å². The SMILES string of the molecule is Cc1cccc(C)c1NCCNC(Cc1ccccc1)c1ccccn1. The van der Waals surface area contributed by atoms with Crippen molar-refractivity contribution in [2.75, 3.05) is 18.4 Å². The molecule has 1 atom stereocenters. The van der Waals surface area contributed by atoms with Crippen molar-refractivity contribution in [2.45, 2.75) is 26.3 Å². The van der Waals surface area contributed by atoms with Gasteiger partial charge in [-0.25, -0.2) is 0 Å². The van der Waals surface area contributed by atoms with Gasteiger partial charge in [0.2, 0.25) is 0 Å². The zero-order valence-electron chi connectivity index (χ0n) is 15.6. The highest BCUT2D eigenvalue weighted by Gasteiger charge is 2.12. The molecule has 0 spiro atoms. The molecular weight excluding hydrogens is 318 g/mol. The number of aryl methyl sites for hydroxylation is 2. The van der Waals surface area contributed by atoms with E-state index in [1.54, 1.807) is 0 Å². The minimum Gasteiger partial charge on any atom is -0.383 e. The highest BCUT2D eigenvalue weighted by Crippen LogP contribution is 2.19. The van der Waals surface area contributed by atoms with Crippen LogP contribution in [0.3, 0.4) is 0 Å². The summed E-state index contributed by atoms with van der Waals surface area (Å²) < 4.78 is 0. The van der Waals surface area contributed by atoms with Gasteiger partial charge in [0, 0.05) is 25.0 Å². The Bertz CT molecular complexity index is 780. The molecule has 3 aromatic rings. The molecule has 1 aromatic heterocycles. The molecule has 0 aliphatic heterocycles. The third-order valence-corrected chi connectivity index (χ3v) is 4.63. The molecule has 0 saturated heterocycles. The molecule has 0 aliphatic carbocycles. The lowest BCUT2D eigenvalue weighted by atomic mass is 10.0. The van der Waals surface area contributed by atoms with Crippen molar-refractivity contribution in [2.24, 2.45) is 0 Å². The van der Waals surface area contributed by atoms with Crippen LogP contribution >= 0.6 is 0 Å². The molecule has 26 heavy (non-hydrogen) atoms. The Hall–Kier alpha value is -2.65. The van der Waals surface area contributed by atoms with Crippen LogP contribution in [0.1, 0.15) is 28.4 Å². The van der Waals surface area contributed by atoms with E-state index in [9.17, 15) is 0 Å². The van der Waals surface area contributed by atoms with Crippen LogP contribution in [0.5, 0.6) is 0 Å². The Morgan fingerprint density at radius 1 is 0.808 bits per heavy atom. The number of benzene rings is 2. The van der Waals surface area contributed by atoms with Crippen molar-refractivity contribution < 1.29 is 0 Å². The summed E-state index contributed by atoms with van der Waals surface area (Å²) in [6.45, 7) is 6.05.